The van der Waals surface area contributed by atoms with E-state index in [9.17, 15) is 38.7 Å². The lowest BCUT2D eigenvalue weighted by molar-refractivity contribution is -0.143. The van der Waals surface area contributed by atoms with Gasteiger partial charge < -0.3 is 43.4 Å². The van der Waals surface area contributed by atoms with Crippen molar-refractivity contribution in [1.82, 2.24) is 16.0 Å². The van der Waals surface area contributed by atoms with Gasteiger partial charge in [0, 0.05) is 6.42 Å². The van der Waals surface area contributed by atoms with Crippen molar-refractivity contribution in [1.29, 1.82) is 0 Å². The first-order valence-corrected chi connectivity index (χ1v) is 10.3. The van der Waals surface area contributed by atoms with Crippen LogP contribution in [0.15, 0.2) is 0 Å². The lowest BCUT2D eigenvalue weighted by Crippen LogP contribution is -2.58. The number of nitrogens with one attached hydrogen (secondary N) is 3. The maximum Gasteiger partial charge on any atom is 0.326 e. The summed E-state index contributed by atoms with van der Waals surface area (Å²) in [6.45, 7) is 3.48. The van der Waals surface area contributed by atoms with Crippen LogP contribution < -0.4 is 33.2 Å². The molecule has 0 fully saturated rings. The molecule has 0 aromatic rings. The number of hydrogen-bond acceptors (Lipinski definition) is 8. The van der Waals surface area contributed by atoms with Crippen molar-refractivity contribution in [2.45, 2.75) is 70.1 Å². The molecule has 0 radical (unpaired) electrons. The Bertz CT molecular complexity index is 801. The van der Waals surface area contributed by atoms with Crippen LogP contribution in [0.5, 0.6) is 0 Å². The van der Waals surface area contributed by atoms with E-state index < -0.39 is 91.3 Å². The fourth-order valence-electron chi connectivity index (χ4n) is 2.77. The number of nitrogens with two attached hydrogens (primary N) is 3. The van der Waals surface area contributed by atoms with Gasteiger partial charge in [0.25, 0.3) is 0 Å². The van der Waals surface area contributed by atoms with Gasteiger partial charge in [0.15, 0.2) is 0 Å². The van der Waals surface area contributed by atoms with E-state index in [1.165, 1.54) is 0 Å². The van der Waals surface area contributed by atoms with Crippen molar-refractivity contribution in [3.05, 3.63) is 0 Å². The average molecular weight is 488 g/mol. The second-order valence-electron chi connectivity index (χ2n) is 8.03. The molecule has 0 saturated heterocycles. The van der Waals surface area contributed by atoms with Crippen LogP contribution >= 0.6 is 0 Å². The normalized spacial score (nSPS) is 14.2. The first kappa shape index (κ1) is 30.2. The Morgan fingerprint density at radius 2 is 1.21 bits per heavy atom. The second-order valence-corrected chi connectivity index (χ2v) is 8.03. The first-order valence-electron chi connectivity index (χ1n) is 10.3. The molecule has 0 aliphatic rings. The molecule has 11 N–H and O–H groups in total. The molecular weight excluding hydrogens is 456 g/mol. The molecule has 5 amide bonds. The van der Waals surface area contributed by atoms with Crippen LogP contribution in [0.4, 0.5) is 0 Å². The van der Waals surface area contributed by atoms with Crippen LogP contribution in [0.3, 0.4) is 0 Å². The number of carboxylic acids is 2. The molecule has 34 heavy (non-hydrogen) atoms. The molecule has 0 saturated carbocycles. The van der Waals surface area contributed by atoms with Gasteiger partial charge in [-0.05, 0) is 18.8 Å². The van der Waals surface area contributed by atoms with E-state index in [1.807, 2.05) is 0 Å². The van der Waals surface area contributed by atoms with E-state index in [0.29, 0.717) is 0 Å². The Morgan fingerprint density at radius 3 is 1.65 bits per heavy atom. The topological polar surface area (TPSA) is 274 Å². The number of carboxylic acid groups (broad SMARTS) is 2. The third-order valence-corrected chi connectivity index (χ3v) is 4.40. The number of hydrogen-bond donors (Lipinski definition) is 8. The van der Waals surface area contributed by atoms with Gasteiger partial charge in [0.2, 0.25) is 29.5 Å². The Balaban J connectivity index is 5.54. The zero-order valence-corrected chi connectivity index (χ0v) is 18.9. The van der Waals surface area contributed by atoms with E-state index in [4.69, 9.17) is 22.3 Å². The van der Waals surface area contributed by atoms with Crippen LogP contribution in [0.1, 0.15) is 46.0 Å². The summed E-state index contributed by atoms with van der Waals surface area (Å²) >= 11 is 0. The highest BCUT2D eigenvalue weighted by molar-refractivity contribution is 5.96. The first-order chi connectivity index (χ1) is 15.6. The summed E-state index contributed by atoms with van der Waals surface area (Å²) in [6, 6.07) is -5.76. The summed E-state index contributed by atoms with van der Waals surface area (Å²) in [6.07, 6.45) is -2.09. The summed E-state index contributed by atoms with van der Waals surface area (Å²) in [4.78, 5) is 82.0. The van der Waals surface area contributed by atoms with E-state index in [0.717, 1.165) is 0 Å². The molecule has 0 heterocycles. The Hall–Kier alpha value is -3.75. The summed E-state index contributed by atoms with van der Waals surface area (Å²) in [7, 11) is 0. The molecule has 15 nitrogen and oxygen atoms in total. The van der Waals surface area contributed by atoms with E-state index in [-0.39, 0.29) is 12.3 Å². The minimum atomic E-state index is -1.61. The highest BCUT2D eigenvalue weighted by Gasteiger charge is 2.31. The van der Waals surface area contributed by atoms with Crippen molar-refractivity contribution in [2.75, 3.05) is 0 Å². The van der Waals surface area contributed by atoms with Gasteiger partial charge in [-0.3, -0.25) is 28.8 Å². The Labute approximate surface area is 195 Å². The molecule has 0 bridgehead atoms. The number of carbonyl (C=O) groups excluding carboxylic acids is 5. The molecule has 0 aliphatic carbocycles. The Morgan fingerprint density at radius 1 is 0.735 bits per heavy atom. The van der Waals surface area contributed by atoms with Gasteiger partial charge in [0.05, 0.1) is 18.9 Å². The molecule has 192 valence electrons. The van der Waals surface area contributed by atoms with Crippen LogP contribution in [0.25, 0.3) is 0 Å². The van der Waals surface area contributed by atoms with Gasteiger partial charge in [-0.25, -0.2) is 4.79 Å². The van der Waals surface area contributed by atoms with Crippen molar-refractivity contribution in [3.63, 3.8) is 0 Å². The average Bonchev–Trinajstić information content (AvgIpc) is 2.68. The lowest BCUT2D eigenvalue weighted by atomic mass is 10.0. The van der Waals surface area contributed by atoms with Gasteiger partial charge in [-0.2, -0.15) is 0 Å². The molecule has 0 rings (SSSR count). The van der Waals surface area contributed by atoms with Crippen molar-refractivity contribution >= 4 is 41.5 Å². The number of primary amides is 2. The molecule has 0 spiro atoms. The molecule has 15 heteroatoms. The smallest absolute Gasteiger partial charge is 0.326 e. The predicted molar refractivity (Wildman–Crippen MR) is 115 cm³/mol. The van der Waals surface area contributed by atoms with E-state index in [2.05, 4.69) is 16.0 Å². The van der Waals surface area contributed by atoms with Crippen molar-refractivity contribution in [2.24, 2.45) is 23.1 Å². The molecular formula is C19H32N6O9. The number of amides is 5. The summed E-state index contributed by atoms with van der Waals surface area (Å²) in [5, 5.41) is 24.6. The second kappa shape index (κ2) is 14.4. The maximum atomic E-state index is 12.8. The molecule has 0 aliphatic heterocycles. The highest BCUT2D eigenvalue weighted by Crippen LogP contribution is 2.07. The minimum absolute atomic E-state index is 0.0855. The number of aliphatic carboxylic acids is 2. The summed E-state index contributed by atoms with van der Waals surface area (Å²) < 4.78 is 0. The molecule has 4 unspecified atom stereocenters. The monoisotopic (exact) mass is 488 g/mol. The molecule has 0 aromatic carbocycles. The zero-order valence-electron chi connectivity index (χ0n) is 18.9. The zero-order chi connectivity index (χ0) is 26.6. The van der Waals surface area contributed by atoms with Gasteiger partial charge in [0.1, 0.15) is 18.1 Å². The summed E-state index contributed by atoms with van der Waals surface area (Å²) in [5.41, 5.74) is 15.7. The molecule has 0 aromatic heterocycles. The third-order valence-electron chi connectivity index (χ3n) is 4.40. The number of carbonyl (C=O) groups is 7. The standard InChI is InChI=1S/C19H32N6O9/c1-8(2)5-11(24-16(30)9(20)6-13(21)26)17(31)25-12(7-14(22)27)18(32)23-10(19(33)34)3-4-15(28)29/h8-12H,3-7,20H2,1-2H3,(H2,21,26)(H2,22,27)(H,23,32)(H,24,30)(H,25,31)(H,28,29)(H,33,34). The largest absolute Gasteiger partial charge is 0.481 e. The maximum absolute atomic E-state index is 12.8. The minimum Gasteiger partial charge on any atom is -0.481 e. The Kier molecular flexibility index (Phi) is 12.8. The van der Waals surface area contributed by atoms with Gasteiger partial charge in [-0.15, -0.1) is 0 Å². The van der Waals surface area contributed by atoms with Crippen molar-refractivity contribution < 1.29 is 43.8 Å². The van der Waals surface area contributed by atoms with Gasteiger partial charge in [-0.1, -0.05) is 13.8 Å². The predicted octanol–water partition coefficient (Wildman–Crippen LogP) is -3.49. The number of rotatable bonds is 16. The third kappa shape index (κ3) is 12.3. The fourth-order valence-corrected chi connectivity index (χ4v) is 2.77. The lowest BCUT2D eigenvalue weighted by Gasteiger charge is -2.25. The SMILES string of the molecule is CC(C)CC(NC(=O)C(N)CC(N)=O)C(=O)NC(CC(N)=O)C(=O)NC(CCC(=O)O)C(=O)O. The van der Waals surface area contributed by atoms with E-state index in [1.54, 1.807) is 13.8 Å². The van der Waals surface area contributed by atoms with Crippen molar-refractivity contribution in [3.8, 4) is 0 Å². The summed E-state index contributed by atoms with van der Waals surface area (Å²) in [5.74, 6) is -7.60. The van der Waals surface area contributed by atoms with E-state index >= 15 is 0 Å². The molecule has 4 atom stereocenters. The van der Waals surface area contributed by atoms with Crippen LogP contribution in [-0.2, 0) is 33.6 Å². The highest BCUT2D eigenvalue weighted by atomic mass is 16.4. The van der Waals surface area contributed by atoms with Crippen LogP contribution in [0.2, 0.25) is 0 Å². The fraction of sp³-hybridized carbons (Fsp3) is 0.632. The van der Waals surface area contributed by atoms with Crippen LogP contribution in [0, 0.1) is 5.92 Å². The van der Waals surface area contributed by atoms with Crippen LogP contribution in [-0.4, -0.2) is 75.9 Å². The quantitative estimate of drug-likeness (QED) is 0.106. The van der Waals surface area contributed by atoms with Gasteiger partial charge >= 0.3 is 11.9 Å².